The number of H-pyrrole nitrogens is 1. The zero-order valence-electron chi connectivity index (χ0n) is 19.2. The van der Waals surface area contributed by atoms with Crippen LogP contribution in [0.4, 0.5) is 0 Å². The van der Waals surface area contributed by atoms with E-state index in [-0.39, 0.29) is 17.9 Å². The molecule has 2 heterocycles. The Labute approximate surface area is 208 Å². The fraction of sp³-hybridized carbons (Fsp3) is 0.280. The van der Waals surface area contributed by atoms with Gasteiger partial charge in [0.05, 0.1) is 28.6 Å². The van der Waals surface area contributed by atoms with Gasteiger partial charge >= 0.3 is 0 Å². The molecule has 0 aliphatic carbocycles. The summed E-state index contributed by atoms with van der Waals surface area (Å²) in [5.41, 5.74) is 9.46. The van der Waals surface area contributed by atoms with Crippen molar-refractivity contribution in [3.63, 3.8) is 0 Å². The lowest BCUT2D eigenvalue weighted by Crippen LogP contribution is -2.24. The van der Waals surface area contributed by atoms with Crippen molar-refractivity contribution in [2.24, 2.45) is 5.73 Å². The van der Waals surface area contributed by atoms with Crippen molar-refractivity contribution in [1.29, 1.82) is 5.26 Å². The van der Waals surface area contributed by atoms with Gasteiger partial charge in [0.2, 0.25) is 11.8 Å². The van der Waals surface area contributed by atoms with Crippen molar-refractivity contribution < 1.29 is 14.2 Å². The van der Waals surface area contributed by atoms with Crippen LogP contribution in [0, 0.1) is 11.3 Å². The predicted octanol–water partition coefficient (Wildman–Crippen LogP) is 5.82. The van der Waals surface area contributed by atoms with E-state index >= 15 is 0 Å². The Morgan fingerprint density at radius 2 is 1.91 bits per heavy atom. The number of rotatable bonds is 5. The zero-order chi connectivity index (χ0) is 24.6. The highest BCUT2D eigenvalue weighted by atomic mass is 35.5. The first-order valence-corrected chi connectivity index (χ1v) is 11.3. The molecular formula is C25H24Cl2N4O3. The summed E-state index contributed by atoms with van der Waals surface area (Å²) in [7, 11) is 1.56. The molecule has 9 heteroatoms. The molecule has 0 bridgehead atoms. The number of aromatic nitrogens is 2. The van der Waals surface area contributed by atoms with E-state index < -0.39 is 5.92 Å². The number of halogens is 2. The SMILES string of the molecule is COc1cc(C2C(C#N)=C(N)Oc3n[nH]c(C(C)(C)C)c32)ccc1OCc1ccc(Cl)c(Cl)c1. The molecule has 0 spiro atoms. The molecule has 1 atom stereocenters. The van der Waals surface area contributed by atoms with Crippen molar-refractivity contribution in [3.05, 3.63) is 80.3 Å². The highest BCUT2D eigenvalue weighted by molar-refractivity contribution is 6.42. The summed E-state index contributed by atoms with van der Waals surface area (Å²) in [4.78, 5) is 0. The second-order valence-corrected chi connectivity index (χ2v) is 9.75. The third kappa shape index (κ3) is 4.39. The predicted molar refractivity (Wildman–Crippen MR) is 130 cm³/mol. The Kier molecular flexibility index (Phi) is 6.39. The number of ether oxygens (including phenoxy) is 3. The maximum Gasteiger partial charge on any atom is 0.244 e. The van der Waals surface area contributed by atoms with E-state index in [4.69, 9.17) is 43.1 Å². The van der Waals surface area contributed by atoms with Gasteiger partial charge in [0.15, 0.2) is 11.5 Å². The van der Waals surface area contributed by atoms with Gasteiger partial charge in [-0.3, -0.25) is 5.10 Å². The fourth-order valence-electron chi connectivity index (χ4n) is 3.92. The highest BCUT2D eigenvalue weighted by Crippen LogP contribution is 2.47. The molecule has 1 unspecified atom stereocenters. The van der Waals surface area contributed by atoms with Crippen LogP contribution < -0.4 is 19.9 Å². The number of nitrogens with zero attached hydrogens (tertiary/aromatic N) is 2. The number of benzene rings is 2. The van der Waals surface area contributed by atoms with Gasteiger partial charge in [-0.1, -0.05) is 56.1 Å². The molecule has 0 fully saturated rings. The third-order valence-corrected chi connectivity index (χ3v) is 6.33. The first-order valence-electron chi connectivity index (χ1n) is 10.5. The van der Waals surface area contributed by atoms with E-state index in [1.165, 1.54) is 0 Å². The van der Waals surface area contributed by atoms with Crippen LogP contribution in [0.15, 0.2) is 47.9 Å². The number of nitrogens with two attached hydrogens (primary N) is 1. The van der Waals surface area contributed by atoms with Crippen LogP contribution in [0.3, 0.4) is 0 Å². The maximum atomic E-state index is 9.91. The lowest BCUT2D eigenvalue weighted by Gasteiger charge is -2.27. The van der Waals surface area contributed by atoms with Gasteiger partial charge in [-0.25, -0.2) is 0 Å². The molecule has 0 saturated carbocycles. The molecule has 0 saturated heterocycles. The smallest absolute Gasteiger partial charge is 0.244 e. The summed E-state index contributed by atoms with van der Waals surface area (Å²) >= 11 is 12.1. The van der Waals surface area contributed by atoms with Crippen LogP contribution >= 0.6 is 23.2 Å². The molecule has 2 aromatic carbocycles. The highest BCUT2D eigenvalue weighted by Gasteiger charge is 2.38. The summed E-state index contributed by atoms with van der Waals surface area (Å²) in [5.74, 6) is 0.988. The van der Waals surface area contributed by atoms with E-state index in [2.05, 4.69) is 37.0 Å². The number of nitrogens with one attached hydrogen (secondary N) is 1. The summed E-state index contributed by atoms with van der Waals surface area (Å²) in [6, 6.07) is 13.1. The molecular weight excluding hydrogens is 475 g/mol. The Hall–Kier alpha value is -3.34. The molecule has 0 amide bonds. The second kappa shape index (κ2) is 9.13. The van der Waals surface area contributed by atoms with Gasteiger partial charge in [0.25, 0.3) is 0 Å². The summed E-state index contributed by atoms with van der Waals surface area (Å²) in [6.07, 6.45) is 0. The molecule has 1 aromatic heterocycles. The van der Waals surface area contributed by atoms with Crippen molar-refractivity contribution in [3.8, 4) is 23.4 Å². The molecule has 3 N–H and O–H groups in total. The topological polar surface area (TPSA) is 106 Å². The summed E-state index contributed by atoms with van der Waals surface area (Å²) in [5, 5.41) is 18.2. The minimum absolute atomic E-state index is 0.0332. The molecule has 34 heavy (non-hydrogen) atoms. The van der Waals surface area contributed by atoms with Gasteiger partial charge < -0.3 is 19.9 Å². The van der Waals surface area contributed by atoms with Crippen LogP contribution in [0.2, 0.25) is 10.0 Å². The van der Waals surface area contributed by atoms with E-state index in [0.29, 0.717) is 33.0 Å². The fourth-order valence-corrected chi connectivity index (χ4v) is 4.24. The van der Waals surface area contributed by atoms with Gasteiger partial charge in [0.1, 0.15) is 18.2 Å². The largest absolute Gasteiger partial charge is 0.493 e. The standard InChI is InChI=1S/C25H24Cl2N4O3/c1-25(2,3)22-21-20(15(11-28)23(29)34-24(21)31-30-22)14-6-8-18(19(10-14)32-4)33-12-13-5-7-16(26)17(27)9-13/h5-10,20H,12,29H2,1-4H3,(H,30,31). The van der Waals surface area contributed by atoms with Crippen LogP contribution in [-0.4, -0.2) is 17.3 Å². The summed E-state index contributed by atoms with van der Waals surface area (Å²) in [6.45, 7) is 6.46. The Balaban J connectivity index is 1.72. The van der Waals surface area contributed by atoms with Crippen LogP contribution in [-0.2, 0) is 12.0 Å². The Morgan fingerprint density at radius 3 is 2.56 bits per heavy atom. The van der Waals surface area contributed by atoms with Gasteiger partial charge in [-0.05, 0) is 35.4 Å². The van der Waals surface area contributed by atoms with Crippen LogP contribution in [0.5, 0.6) is 17.4 Å². The van der Waals surface area contributed by atoms with Gasteiger partial charge in [-0.15, -0.1) is 5.10 Å². The average Bonchev–Trinajstić information content (AvgIpc) is 3.22. The lowest BCUT2D eigenvalue weighted by atomic mass is 9.79. The molecule has 0 radical (unpaired) electrons. The first-order chi connectivity index (χ1) is 16.1. The molecule has 1 aliphatic heterocycles. The van der Waals surface area contributed by atoms with E-state index in [1.807, 2.05) is 24.3 Å². The Morgan fingerprint density at radius 1 is 1.15 bits per heavy atom. The summed E-state index contributed by atoms with van der Waals surface area (Å²) < 4.78 is 17.3. The Bertz CT molecular complexity index is 1320. The van der Waals surface area contributed by atoms with Gasteiger partial charge in [0, 0.05) is 11.1 Å². The molecule has 3 aromatic rings. The maximum absolute atomic E-state index is 9.91. The molecule has 7 nitrogen and oxygen atoms in total. The van der Waals surface area contributed by atoms with E-state index in [0.717, 1.165) is 22.4 Å². The van der Waals surface area contributed by atoms with E-state index in [1.54, 1.807) is 19.2 Å². The van der Waals surface area contributed by atoms with Crippen LogP contribution in [0.25, 0.3) is 0 Å². The normalized spacial score (nSPS) is 15.4. The second-order valence-electron chi connectivity index (χ2n) is 8.94. The van der Waals surface area contributed by atoms with Gasteiger partial charge in [-0.2, -0.15) is 5.26 Å². The van der Waals surface area contributed by atoms with Crippen molar-refractivity contribution in [2.45, 2.75) is 38.7 Å². The number of hydrogen-bond acceptors (Lipinski definition) is 6. The average molecular weight is 499 g/mol. The number of aromatic amines is 1. The number of methoxy groups -OCH3 is 1. The van der Waals surface area contributed by atoms with Crippen molar-refractivity contribution >= 4 is 23.2 Å². The van der Waals surface area contributed by atoms with Crippen LogP contribution in [0.1, 0.15) is 49.1 Å². The minimum Gasteiger partial charge on any atom is -0.493 e. The monoisotopic (exact) mass is 498 g/mol. The van der Waals surface area contributed by atoms with E-state index in [9.17, 15) is 5.26 Å². The third-order valence-electron chi connectivity index (χ3n) is 5.59. The quantitative estimate of drug-likeness (QED) is 0.458. The zero-order valence-corrected chi connectivity index (χ0v) is 20.7. The lowest BCUT2D eigenvalue weighted by molar-refractivity contribution is 0.284. The first kappa shape index (κ1) is 23.8. The minimum atomic E-state index is -0.472. The number of allylic oxidation sites excluding steroid dienone is 1. The molecule has 176 valence electrons. The number of hydrogen-bond donors (Lipinski definition) is 2. The van der Waals surface area contributed by atoms with Crippen molar-refractivity contribution in [2.75, 3.05) is 7.11 Å². The number of nitriles is 1. The van der Waals surface area contributed by atoms with Crippen molar-refractivity contribution in [1.82, 2.24) is 10.2 Å². The molecule has 4 rings (SSSR count). The molecule has 1 aliphatic rings. The number of fused-ring (bicyclic) bond motifs is 1.